The van der Waals surface area contributed by atoms with Crippen LogP contribution in [-0.2, 0) is 23.2 Å². The highest BCUT2D eigenvalue weighted by molar-refractivity contribution is 7.19. The Morgan fingerprint density at radius 1 is 1.17 bits per heavy atom. The molecule has 1 fully saturated rings. The molecule has 0 bridgehead atoms. The van der Waals surface area contributed by atoms with Crippen molar-refractivity contribution in [1.29, 1.82) is 0 Å². The van der Waals surface area contributed by atoms with Crippen LogP contribution in [0.2, 0.25) is 0 Å². The SMILES string of the molecule is CCC(=O)Nc1nc2c(s1)-c1c(c(-c3cccnc3)nn1-c1ccc(C3(N(C)C)CC3)cc1)CC2. The van der Waals surface area contributed by atoms with Crippen LogP contribution >= 0.6 is 11.3 Å². The molecule has 178 valence electrons. The highest BCUT2D eigenvalue weighted by atomic mass is 32.1. The second kappa shape index (κ2) is 8.39. The second-order valence-electron chi connectivity index (χ2n) is 9.50. The molecule has 7 nitrogen and oxygen atoms in total. The van der Waals surface area contributed by atoms with Gasteiger partial charge in [-0.15, -0.1) is 0 Å². The maximum absolute atomic E-state index is 12.0. The molecule has 3 aromatic heterocycles. The molecule has 1 N–H and O–H groups in total. The quantitative estimate of drug-likeness (QED) is 0.414. The predicted molar refractivity (Wildman–Crippen MR) is 139 cm³/mol. The van der Waals surface area contributed by atoms with Crippen molar-refractivity contribution in [3.8, 4) is 27.5 Å². The number of fused-ring (bicyclic) bond motifs is 3. The van der Waals surface area contributed by atoms with E-state index in [1.54, 1.807) is 6.20 Å². The van der Waals surface area contributed by atoms with Gasteiger partial charge in [-0.05, 0) is 69.6 Å². The standard InChI is InChI=1S/C27H28N6OS/c1-4-22(34)30-26-29-21-12-11-20-23(17-6-5-15-28-16-17)31-33(24(20)25(21)35-26)19-9-7-18(8-10-19)27(13-14-27)32(2)3/h5-10,15-16H,4,11-14H2,1-3H3,(H,29,30,34). The van der Waals surface area contributed by atoms with Crippen molar-refractivity contribution in [1.82, 2.24) is 24.6 Å². The molecule has 1 amide bonds. The third-order valence-corrected chi connectivity index (χ3v) is 8.26. The number of amides is 1. The predicted octanol–water partition coefficient (Wildman–Crippen LogP) is 5.06. The number of hydrogen-bond acceptors (Lipinski definition) is 6. The summed E-state index contributed by atoms with van der Waals surface area (Å²) < 4.78 is 2.05. The molecule has 0 aliphatic heterocycles. The summed E-state index contributed by atoms with van der Waals surface area (Å²) in [5, 5.41) is 8.72. The molecule has 8 heteroatoms. The van der Waals surface area contributed by atoms with E-state index in [1.807, 2.05) is 19.2 Å². The zero-order chi connectivity index (χ0) is 24.2. The van der Waals surface area contributed by atoms with Crippen LogP contribution in [0.4, 0.5) is 5.13 Å². The summed E-state index contributed by atoms with van der Waals surface area (Å²) in [5.41, 5.74) is 7.81. The Morgan fingerprint density at radius 3 is 2.63 bits per heavy atom. The molecule has 2 aliphatic carbocycles. The summed E-state index contributed by atoms with van der Waals surface area (Å²) in [6, 6.07) is 12.8. The van der Waals surface area contributed by atoms with Gasteiger partial charge in [0.2, 0.25) is 5.91 Å². The molecule has 2 aliphatic rings. The van der Waals surface area contributed by atoms with Gasteiger partial charge in [0, 0.05) is 35.5 Å². The average Bonchev–Trinajstić information content (AvgIpc) is 3.46. The van der Waals surface area contributed by atoms with E-state index in [-0.39, 0.29) is 11.4 Å². The smallest absolute Gasteiger partial charge is 0.225 e. The van der Waals surface area contributed by atoms with Crippen molar-refractivity contribution >= 4 is 22.4 Å². The Morgan fingerprint density at radius 2 is 1.97 bits per heavy atom. The molecule has 0 saturated heterocycles. The number of rotatable bonds is 6. The number of aryl methyl sites for hydroxylation is 1. The molecule has 1 aromatic carbocycles. The van der Waals surface area contributed by atoms with E-state index in [1.165, 1.54) is 35.3 Å². The molecule has 0 atom stereocenters. The molecular weight excluding hydrogens is 456 g/mol. The molecule has 1 saturated carbocycles. The van der Waals surface area contributed by atoms with Gasteiger partial charge >= 0.3 is 0 Å². The van der Waals surface area contributed by atoms with Crippen molar-refractivity contribution in [2.75, 3.05) is 19.4 Å². The van der Waals surface area contributed by atoms with E-state index in [0.29, 0.717) is 11.6 Å². The fourth-order valence-electron chi connectivity index (χ4n) is 5.08. The number of carbonyl (C=O) groups excluding carboxylic acids is 1. The minimum Gasteiger partial charge on any atom is -0.302 e. The summed E-state index contributed by atoms with van der Waals surface area (Å²) in [4.78, 5) is 24.5. The fourth-order valence-corrected chi connectivity index (χ4v) is 6.16. The van der Waals surface area contributed by atoms with Gasteiger partial charge in [0.05, 0.1) is 27.6 Å². The summed E-state index contributed by atoms with van der Waals surface area (Å²) >= 11 is 1.53. The van der Waals surface area contributed by atoms with Crippen LogP contribution in [0.3, 0.4) is 0 Å². The van der Waals surface area contributed by atoms with Gasteiger partial charge in [-0.2, -0.15) is 5.10 Å². The first-order chi connectivity index (χ1) is 17.0. The van der Waals surface area contributed by atoms with Gasteiger partial charge in [0.1, 0.15) is 0 Å². The van der Waals surface area contributed by atoms with Crippen LogP contribution in [-0.4, -0.2) is 44.7 Å². The first-order valence-electron chi connectivity index (χ1n) is 12.1. The minimum atomic E-state index is -0.0219. The summed E-state index contributed by atoms with van der Waals surface area (Å²) in [6.07, 6.45) is 8.15. The normalized spacial score (nSPS) is 15.5. The fraction of sp³-hybridized carbons (Fsp3) is 0.333. The lowest BCUT2D eigenvalue weighted by molar-refractivity contribution is -0.115. The van der Waals surface area contributed by atoms with E-state index in [4.69, 9.17) is 10.1 Å². The van der Waals surface area contributed by atoms with Crippen LogP contribution in [0.25, 0.3) is 27.5 Å². The second-order valence-corrected chi connectivity index (χ2v) is 10.5. The summed E-state index contributed by atoms with van der Waals surface area (Å²) in [7, 11) is 4.32. The lowest BCUT2D eigenvalue weighted by Gasteiger charge is -2.24. The highest BCUT2D eigenvalue weighted by Crippen LogP contribution is 2.50. The van der Waals surface area contributed by atoms with E-state index >= 15 is 0 Å². The lowest BCUT2D eigenvalue weighted by atomic mass is 9.95. The molecule has 35 heavy (non-hydrogen) atoms. The van der Waals surface area contributed by atoms with Crippen molar-refractivity contribution in [2.45, 2.75) is 44.6 Å². The molecular formula is C27H28N6OS. The number of hydrogen-bond donors (Lipinski definition) is 1. The number of pyridine rings is 1. The van der Waals surface area contributed by atoms with Gasteiger partial charge in [-0.3, -0.25) is 14.7 Å². The van der Waals surface area contributed by atoms with Crippen LogP contribution in [0.5, 0.6) is 0 Å². The minimum absolute atomic E-state index is 0.0219. The van der Waals surface area contributed by atoms with E-state index < -0.39 is 0 Å². The molecule has 0 spiro atoms. The topological polar surface area (TPSA) is 75.9 Å². The van der Waals surface area contributed by atoms with Crippen LogP contribution < -0.4 is 5.32 Å². The van der Waals surface area contributed by atoms with Crippen molar-refractivity contribution in [3.63, 3.8) is 0 Å². The Hall–Kier alpha value is -3.36. The third-order valence-electron chi connectivity index (χ3n) is 7.24. The largest absolute Gasteiger partial charge is 0.302 e. The zero-order valence-electron chi connectivity index (χ0n) is 20.2. The number of nitrogens with one attached hydrogen (secondary N) is 1. The molecule has 0 radical (unpaired) electrons. The van der Waals surface area contributed by atoms with Gasteiger partial charge in [0.15, 0.2) is 5.13 Å². The number of aromatic nitrogens is 4. The average molecular weight is 485 g/mol. The number of anilines is 1. The maximum atomic E-state index is 12.0. The van der Waals surface area contributed by atoms with E-state index in [9.17, 15) is 4.79 Å². The Labute approximate surface area is 208 Å². The number of thiazole rings is 1. The van der Waals surface area contributed by atoms with Crippen molar-refractivity contribution < 1.29 is 4.79 Å². The third kappa shape index (κ3) is 3.68. The van der Waals surface area contributed by atoms with Crippen molar-refractivity contribution in [2.24, 2.45) is 0 Å². The molecule has 4 aromatic rings. The Balaban J connectivity index is 1.48. The monoisotopic (exact) mass is 484 g/mol. The van der Waals surface area contributed by atoms with Gasteiger partial charge in [-0.25, -0.2) is 9.67 Å². The number of benzene rings is 1. The molecule has 6 rings (SSSR count). The summed E-state index contributed by atoms with van der Waals surface area (Å²) in [6.45, 7) is 1.85. The van der Waals surface area contributed by atoms with Gasteiger partial charge < -0.3 is 5.32 Å². The summed E-state index contributed by atoms with van der Waals surface area (Å²) in [5.74, 6) is -0.0219. The lowest BCUT2D eigenvalue weighted by Crippen LogP contribution is -2.27. The number of carbonyl (C=O) groups is 1. The Bertz CT molecular complexity index is 1400. The van der Waals surface area contributed by atoms with E-state index in [0.717, 1.165) is 46.1 Å². The van der Waals surface area contributed by atoms with Gasteiger partial charge in [-0.1, -0.05) is 30.4 Å². The maximum Gasteiger partial charge on any atom is 0.225 e. The molecule has 0 unspecified atom stereocenters. The van der Waals surface area contributed by atoms with Gasteiger partial charge in [0.25, 0.3) is 0 Å². The zero-order valence-corrected chi connectivity index (χ0v) is 21.0. The first kappa shape index (κ1) is 22.1. The molecule has 3 heterocycles. The van der Waals surface area contributed by atoms with Crippen LogP contribution in [0, 0.1) is 0 Å². The first-order valence-corrected chi connectivity index (χ1v) is 12.9. The number of nitrogens with zero attached hydrogens (tertiary/aromatic N) is 5. The Kier molecular flexibility index (Phi) is 5.30. The van der Waals surface area contributed by atoms with Crippen LogP contribution in [0.15, 0.2) is 48.8 Å². The highest BCUT2D eigenvalue weighted by Gasteiger charge is 2.46. The van der Waals surface area contributed by atoms with E-state index in [2.05, 4.69) is 64.3 Å². The van der Waals surface area contributed by atoms with Crippen molar-refractivity contribution in [3.05, 3.63) is 65.6 Å². The van der Waals surface area contributed by atoms with Crippen LogP contribution in [0.1, 0.15) is 43.0 Å².